The molecule has 102 valence electrons. The fourth-order valence-corrected chi connectivity index (χ4v) is 2.20. The van der Waals surface area contributed by atoms with Gasteiger partial charge in [-0.15, -0.1) is 0 Å². The molecule has 0 aliphatic heterocycles. The minimum absolute atomic E-state index is 0.328. The summed E-state index contributed by atoms with van der Waals surface area (Å²) in [7, 11) is 0. The number of aliphatic hydroxyl groups is 1. The van der Waals surface area contributed by atoms with Gasteiger partial charge >= 0.3 is 0 Å². The van der Waals surface area contributed by atoms with Crippen LogP contribution in [0, 0.1) is 5.92 Å². The molecule has 3 nitrogen and oxygen atoms in total. The second-order valence-corrected chi connectivity index (χ2v) is 5.40. The highest BCUT2D eigenvalue weighted by Crippen LogP contribution is 2.39. The van der Waals surface area contributed by atoms with Gasteiger partial charge in [0.15, 0.2) is 0 Å². The summed E-state index contributed by atoms with van der Waals surface area (Å²) in [6, 6.07) is 0. The van der Waals surface area contributed by atoms with E-state index in [0.29, 0.717) is 19.1 Å². The van der Waals surface area contributed by atoms with E-state index in [2.05, 4.69) is 6.92 Å². The van der Waals surface area contributed by atoms with Crippen molar-refractivity contribution in [2.24, 2.45) is 11.7 Å². The van der Waals surface area contributed by atoms with Crippen LogP contribution in [0.2, 0.25) is 0 Å². The average Bonchev–Trinajstić information content (AvgIpc) is 3.16. The third-order valence-electron chi connectivity index (χ3n) is 3.68. The Morgan fingerprint density at radius 2 is 1.82 bits per heavy atom. The first kappa shape index (κ1) is 14.9. The largest absolute Gasteiger partial charge is 0.386 e. The van der Waals surface area contributed by atoms with Crippen LogP contribution in [-0.4, -0.2) is 30.5 Å². The lowest BCUT2D eigenvalue weighted by Crippen LogP contribution is -2.44. The lowest BCUT2D eigenvalue weighted by molar-refractivity contribution is -0.0554. The standard InChI is InChI=1S/C14H29NO2/c1-2-3-4-5-6-7-10-17-12-14(16,11-15)13-8-9-13/h13,16H,2-12,15H2,1H3. The van der Waals surface area contributed by atoms with Crippen molar-refractivity contribution < 1.29 is 9.84 Å². The van der Waals surface area contributed by atoms with E-state index in [1.165, 1.54) is 32.1 Å². The minimum atomic E-state index is -0.748. The maximum atomic E-state index is 10.2. The molecule has 0 aromatic heterocycles. The van der Waals surface area contributed by atoms with E-state index in [0.717, 1.165) is 25.9 Å². The van der Waals surface area contributed by atoms with Crippen molar-refractivity contribution in [2.45, 2.75) is 63.9 Å². The van der Waals surface area contributed by atoms with Crippen molar-refractivity contribution in [2.75, 3.05) is 19.8 Å². The van der Waals surface area contributed by atoms with E-state index in [9.17, 15) is 5.11 Å². The van der Waals surface area contributed by atoms with E-state index >= 15 is 0 Å². The zero-order chi connectivity index (χ0) is 12.6. The average molecular weight is 243 g/mol. The normalized spacial score (nSPS) is 19.2. The van der Waals surface area contributed by atoms with Gasteiger partial charge in [-0.1, -0.05) is 39.0 Å². The third-order valence-corrected chi connectivity index (χ3v) is 3.68. The number of hydrogen-bond donors (Lipinski definition) is 2. The summed E-state index contributed by atoms with van der Waals surface area (Å²) in [6.45, 7) is 3.74. The number of nitrogens with two attached hydrogens (primary N) is 1. The monoisotopic (exact) mass is 243 g/mol. The third kappa shape index (κ3) is 5.84. The Hall–Kier alpha value is -0.120. The Labute approximate surface area is 106 Å². The Morgan fingerprint density at radius 1 is 1.18 bits per heavy atom. The Kier molecular flexibility index (Phi) is 7.09. The van der Waals surface area contributed by atoms with Gasteiger partial charge in [0.05, 0.1) is 6.61 Å². The predicted octanol–water partition coefficient (Wildman–Crippen LogP) is 2.46. The molecule has 17 heavy (non-hydrogen) atoms. The van der Waals surface area contributed by atoms with Gasteiger partial charge in [0.2, 0.25) is 0 Å². The highest BCUT2D eigenvalue weighted by molar-refractivity contribution is 4.95. The van der Waals surface area contributed by atoms with Crippen LogP contribution in [0.3, 0.4) is 0 Å². The summed E-state index contributed by atoms with van der Waals surface area (Å²) in [5, 5.41) is 10.2. The highest BCUT2D eigenvalue weighted by Gasteiger charge is 2.42. The molecule has 1 saturated carbocycles. The Morgan fingerprint density at radius 3 is 2.41 bits per heavy atom. The van der Waals surface area contributed by atoms with E-state index in [4.69, 9.17) is 10.5 Å². The first-order valence-electron chi connectivity index (χ1n) is 7.23. The molecule has 1 unspecified atom stereocenters. The molecule has 0 aromatic carbocycles. The zero-order valence-electron chi connectivity index (χ0n) is 11.3. The van der Waals surface area contributed by atoms with Crippen molar-refractivity contribution in [3.63, 3.8) is 0 Å². The molecule has 3 heteroatoms. The fourth-order valence-electron chi connectivity index (χ4n) is 2.20. The van der Waals surface area contributed by atoms with Gasteiger partial charge in [-0.2, -0.15) is 0 Å². The van der Waals surface area contributed by atoms with Gasteiger partial charge in [0, 0.05) is 13.2 Å². The lowest BCUT2D eigenvalue weighted by atomic mass is 9.99. The van der Waals surface area contributed by atoms with Crippen molar-refractivity contribution in [1.82, 2.24) is 0 Å². The molecule has 0 aromatic rings. The smallest absolute Gasteiger partial charge is 0.103 e. The topological polar surface area (TPSA) is 55.5 Å². The van der Waals surface area contributed by atoms with Gasteiger partial charge < -0.3 is 15.6 Å². The molecule has 1 rings (SSSR count). The molecule has 0 saturated heterocycles. The quantitative estimate of drug-likeness (QED) is 0.548. The number of ether oxygens (including phenoxy) is 1. The van der Waals surface area contributed by atoms with Crippen LogP contribution in [0.15, 0.2) is 0 Å². The number of hydrogen-bond acceptors (Lipinski definition) is 3. The summed E-state index contributed by atoms with van der Waals surface area (Å²) in [6.07, 6.45) is 9.84. The van der Waals surface area contributed by atoms with Crippen molar-refractivity contribution in [3.05, 3.63) is 0 Å². The molecular weight excluding hydrogens is 214 g/mol. The minimum Gasteiger partial charge on any atom is -0.386 e. The molecule has 0 heterocycles. The van der Waals surface area contributed by atoms with Crippen LogP contribution < -0.4 is 5.73 Å². The lowest BCUT2D eigenvalue weighted by Gasteiger charge is -2.26. The van der Waals surface area contributed by atoms with Gasteiger partial charge in [0.1, 0.15) is 5.60 Å². The molecule has 0 radical (unpaired) electrons. The highest BCUT2D eigenvalue weighted by atomic mass is 16.5. The van der Waals surface area contributed by atoms with Crippen LogP contribution in [-0.2, 0) is 4.74 Å². The summed E-state index contributed by atoms with van der Waals surface area (Å²) in [5.41, 5.74) is 4.87. The van der Waals surface area contributed by atoms with Gasteiger partial charge in [-0.05, 0) is 25.2 Å². The van der Waals surface area contributed by atoms with E-state index in [1.54, 1.807) is 0 Å². The second-order valence-electron chi connectivity index (χ2n) is 5.40. The molecule has 0 bridgehead atoms. The summed E-state index contributed by atoms with van der Waals surface area (Å²) < 4.78 is 5.57. The summed E-state index contributed by atoms with van der Waals surface area (Å²) in [4.78, 5) is 0. The molecule has 0 spiro atoms. The SMILES string of the molecule is CCCCCCCCOCC(O)(CN)C1CC1. The van der Waals surface area contributed by atoms with E-state index in [-0.39, 0.29) is 0 Å². The first-order valence-corrected chi connectivity index (χ1v) is 7.23. The number of unbranched alkanes of at least 4 members (excludes halogenated alkanes) is 5. The van der Waals surface area contributed by atoms with Crippen molar-refractivity contribution in [3.8, 4) is 0 Å². The summed E-state index contributed by atoms with van der Waals surface area (Å²) in [5.74, 6) is 0.386. The summed E-state index contributed by atoms with van der Waals surface area (Å²) >= 11 is 0. The van der Waals surface area contributed by atoms with Crippen LogP contribution in [0.1, 0.15) is 58.3 Å². The van der Waals surface area contributed by atoms with Crippen molar-refractivity contribution >= 4 is 0 Å². The van der Waals surface area contributed by atoms with Crippen LogP contribution in [0.5, 0.6) is 0 Å². The van der Waals surface area contributed by atoms with Crippen LogP contribution >= 0.6 is 0 Å². The molecule has 1 atom stereocenters. The van der Waals surface area contributed by atoms with E-state index in [1.807, 2.05) is 0 Å². The van der Waals surface area contributed by atoms with Gasteiger partial charge in [-0.25, -0.2) is 0 Å². The molecule has 3 N–H and O–H groups in total. The van der Waals surface area contributed by atoms with Gasteiger partial charge in [-0.3, -0.25) is 0 Å². The molecule has 1 fully saturated rings. The second kappa shape index (κ2) is 8.06. The van der Waals surface area contributed by atoms with Crippen LogP contribution in [0.25, 0.3) is 0 Å². The molecular formula is C14H29NO2. The zero-order valence-corrected chi connectivity index (χ0v) is 11.3. The molecule has 0 amide bonds. The number of rotatable bonds is 11. The van der Waals surface area contributed by atoms with E-state index < -0.39 is 5.60 Å². The maximum Gasteiger partial charge on any atom is 0.103 e. The Bertz CT molecular complexity index is 195. The van der Waals surface area contributed by atoms with Crippen LogP contribution in [0.4, 0.5) is 0 Å². The maximum absolute atomic E-state index is 10.2. The Balaban J connectivity index is 1.92. The molecule has 1 aliphatic carbocycles. The molecule has 1 aliphatic rings. The predicted molar refractivity (Wildman–Crippen MR) is 70.9 cm³/mol. The first-order chi connectivity index (χ1) is 8.23. The van der Waals surface area contributed by atoms with Crippen molar-refractivity contribution in [1.29, 1.82) is 0 Å². The van der Waals surface area contributed by atoms with Gasteiger partial charge in [0.25, 0.3) is 0 Å². The fraction of sp³-hybridized carbons (Fsp3) is 1.00.